The maximum absolute atomic E-state index is 13.7. The molecule has 8 heteroatoms. The molecule has 30 heavy (non-hydrogen) atoms. The van der Waals surface area contributed by atoms with Crippen LogP contribution < -0.4 is 4.74 Å². The number of nitriles is 1. The first-order valence-electron chi connectivity index (χ1n) is 9.06. The number of aromatic nitrogens is 3. The number of rotatable bonds is 5. The topological polar surface area (TPSA) is 76.9 Å². The van der Waals surface area contributed by atoms with E-state index < -0.39 is 5.82 Å². The first-order valence-corrected chi connectivity index (χ1v) is 9.44. The fourth-order valence-electron chi connectivity index (χ4n) is 3.19. The lowest BCUT2D eigenvalue weighted by molar-refractivity contribution is 0.304. The summed E-state index contributed by atoms with van der Waals surface area (Å²) < 4.78 is 26.7. The summed E-state index contributed by atoms with van der Waals surface area (Å²) in [7, 11) is 0. The van der Waals surface area contributed by atoms with Crippen molar-refractivity contribution in [1.82, 2.24) is 14.9 Å². The Morgan fingerprint density at radius 3 is 2.73 bits per heavy atom. The standard InChI is InChI=1S/C22H16ClFN4O2/c1-13-19(14(2)28(27-13)17-5-3-15(11-25)20(23)10-17)12-29-21-6-4-16(24)9-18(21)22-7-8-26-30-22/h3-10H,12H2,1-2H3. The molecular formula is C22H16ClFN4O2. The highest BCUT2D eigenvalue weighted by Gasteiger charge is 2.17. The second kappa shape index (κ2) is 8.01. The van der Waals surface area contributed by atoms with Gasteiger partial charge in [-0.15, -0.1) is 0 Å². The molecule has 0 fully saturated rings. The van der Waals surface area contributed by atoms with Crippen molar-refractivity contribution < 1.29 is 13.7 Å². The van der Waals surface area contributed by atoms with Gasteiger partial charge in [0.1, 0.15) is 24.2 Å². The molecule has 0 saturated heterocycles. The van der Waals surface area contributed by atoms with Crippen LogP contribution in [0.15, 0.2) is 53.2 Å². The van der Waals surface area contributed by atoms with Crippen molar-refractivity contribution in [2.24, 2.45) is 0 Å². The maximum Gasteiger partial charge on any atom is 0.170 e. The largest absolute Gasteiger partial charge is 0.488 e. The average molecular weight is 423 g/mol. The summed E-state index contributed by atoms with van der Waals surface area (Å²) in [6.45, 7) is 4.04. The SMILES string of the molecule is Cc1nn(-c2ccc(C#N)c(Cl)c2)c(C)c1COc1ccc(F)cc1-c1ccno1. The van der Waals surface area contributed by atoms with Crippen LogP contribution >= 0.6 is 11.6 Å². The molecule has 0 bridgehead atoms. The Bertz CT molecular complexity index is 1260. The molecule has 0 atom stereocenters. The van der Waals surface area contributed by atoms with Gasteiger partial charge < -0.3 is 9.26 Å². The summed E-state index contributed by atoms with van der Waals surface area (Å²) in [5, 5.41) is 17.7. The number of hydrogen-bond donors (Lipinski definition) is 0. The molecule has 0 aliphatic heterocycles. The molecular weight excluding hydrogens is 407 g/mol. The van der Waals surface area contributed by atoms with Gasteiger partial charge in [-0.1, -0.05) is 16.8 Å². The molecule has 0 radical (unpaired) electrons. The molecule has 4 rings (SSSR count). The second-order valence-electron chi connectivity index (χ2n) is 6.64. The summed E-state index contributed by atoms with van der Waals surface area (Å²) in [5.41, 5.74) is 4.18. The number of ether oxygens (including phenoxy) is 1. The highest BCUT2D eigenvalue weighted by atomic mass is 35.5. The molecule has 6 nitrogen and oxygen atoms in total. The Morgan fingerprint density at radius 2 is 2.03 bits per heavy atom. The van der Waals surface area contributed by atoms with Crippen molar-refractivity contribution in [2.75, 3.05) is 0 Å². The molecule has 0 unspecified atom stereocenters. The Labute approximate surface area is 177 Å². The van der Waals surface area contributed by atoms with Crippen molar-refractivity contribution in [1.29, 1.82) is 5.26 Å². The zero-order valence-corrected chi connectivity index (χ0v) is 16.9. The molecule has 0 aliphatic carbocycles. The summed E-state index contributed by atoms with van der Waals surface area (Å²) in [4.78, 5) is 0. The lowest BCUT2D eigenvalue weighted by atomic mass is 10.1. The molecule has 0 saturated carbocycles. The van der Waals surface area contributed by atoms with Crippen LogP contribution in [0.2, 0.25) is 5.02 Å². The summed E-state index contributed by atoms with van der Waals surface area (Å²) in [6, 6.07) is 13.1. The van der Waals surface area contributed by atoms with Crippen molar-refractivity contribution in [2.45, 2.75) is 20.5 Å². The predicted octanol–water partition coefficient (Wildman–Crippen LogP) is 5.39. The quantitative estimate of drug-likeness (QED) is 0.431. The van der Waals surface area contributed by atoms with Crippen LogP contribution in [0.4, 0.5) is 4.39 Å². The van der Waals surface area contributed by atoms with Crippen molar-refractivity contribution in [3.05, 3.63) is 82.0 Å². The van der Waals surface area contributed by atoms with Crippen LogP contribution in [0.3, 0.4) is 0 Å². The number of benzene rings is 2. The zero-order valence-electron chi connectivity index (χ0n) is 16.2. The lowest BCUT2D eigenvalue weighted by Gasteiger charge is -2.11. The van der Waals surface area contributed by atoms with E-state index in [0.29, 0.717) is 27.7 Å². The van der Waals surface area contributed by atoms with Crippen LogP contribution in [0.1, 0.15) is 22.5 Å². The van der Waals surface area contributed by atoms with E-state index >= 15 is 0 Å². The number of hydrogen-bond acceptors (Lipinski definition) is 5. The van der Waals surface area contributed by atoms with Gasteiger partial charge >= 0.3 is 0 Å². The van der Waals surface area contributed by atoms with E-state index in [4.69, 9.17) is 26.1 Å². The summed E-state index contributed by atoms with van der Waals surface area (Å²) in [5.74, 6) is 0.494. The molecule has 2 heterocycles. The predicted molar refractivity (Wildman–Crippen MR) is 109 cm³/mol. The molecule has 0 N–H and O–H groups in total. The first kappa shape index (κ1) is 19.7. The fraction of sp³-hybridized carbons (Fsp3) is 0.136. The van der Waals surface area contributed by atoms with E-state index in [1.54, 1.807) is 35.0 Å². The van der Waals surface area contributed by atoms with Crippen molar-refractivity contribution in [3.8, 4) is 28.8 Å². The molecule has 0 amide bonds. The number of aryl methyl sites for hydroxylation is 1. The van der Waals surface area contributed by atoms with E-state index in [2.05, 4.69) is 10.3 Å². The number of halogens is 2. The van der Waals surface area contributed by atoms with Crippen LogP contribution in [0.25, 0.3) is 17.0 Å². The minimum absolute atomic E-state index is 0.231. The second-order valence-corrected chi connectivity index (χ2v) is 7.05. The number of nitrogens with zero attached hydrogens (tertiary/aromatic N) is 4. The normalized spacial score (nSPS) is 10.8. The van der Waals surface area contributed by atoms with Crippen LogP contribution in [-0.2, 0) is 6.61 Å². The Kier molecular flexibility index (Phi) is 5.25. The molecule has 2 aromatic carbocycles. The Hall–Kier alpha value is -3.63. The fourth-order valence-corrected chi connectivity index (χ4v) is 3.40. The highest BCUT2D eigenvalue weighted by Crippen LogP contribution is 2.32. The summed E-state index contributed by atoms with van der Waals surface area (Å²) >= 11 is 6.17. The summed E-state index contributed by atoms with van der Waals surface area (Å²) in [6.07, 6.45) is 1.49. The third-order valence-corrected chi connectivity index (χ3v) is 5.09. The van der Waals surface area contributed by atoms with Crippen LogP contribution in [0, 0.1) is 31.0 Å². The van der Waals surface area contributed by atoms with E-state index in [1.165, 1.54) is 18.3 Å². The molecule has 2 aromatic heterocycles. The maximum atomic E-state index is 13.7. The third-order valence-electron chi connectivity index (χ3n) is 4.78. The molecule has 150 valence electrons. The molecule has 4 aromatic rings. The Morgan fingerprint density at radius 1 is 1.20 bits per heavy atom. The van der Waals surface area contributed by atoms with E-state index in [9.17, 15) is 4.39 Å². The van der Waals surface area contributed by atoms with Crippen molar-refractivity contribution >= 4 is 11.6 Å². The van der Waals surface area contributed by atoms with E-state index in [1.807, 2.05) is 19.9 Å². The van der Waals surface area contributed by atoms with Gasteiger partial charge in [0.2, 0.25) is 0 Å². The molecule has 0 spiro atoms. The smallest absolute Gasteiger partial charge is 0.170 e. The third kappa shape index (κ3) is 3.65. The van der Waals surface area contributed by atoms with Crippen LogP contribution in [0.5, 0.6) is 5.75 Å². The van der Waals surface area contributed by atoms with Crippen LogP contribution in [-0.4, -0.2) is 14.9 Å². The van der Waals surface area contributed by atoms with E-state index in [-0.39, 0.29) is 6.61 Å². The first-order chi connectivity index (χ1) is 14.5. The van der Waals surface area contributed by atoms with Gasteiger partial charge in [-0.05, 0) is 50.2 Å². The highest BCUT2D eigenvalue weighted by molar-refractivity contribution is 6.31. The van der Waals surface area contributed by atoms with E-state index in [0.717, 1.165) is 22.6 Å². The minimum Gasteiger partial charge on any atom is -0.488 e. The monoisotopic (exact) mass is 422 g/mol. The average Bonchev–Trinajstić information content (AvgIpc) is 3.36. The van der Waals surface area contributed by atoms with Gasteiger partial charge in [0.05, 0.1) is 33.7 Å². The van der Waals surface area contributed by atoms with Gasteiger partial charge in [0.15, 0.2) is 5.76 Å². The van der Waals surface area contributed by atoms with Gasteiger partial charge in [0, 0.05) is 17.3 Å². The van der Waals surface area contributed by atoms with Gasteiger partial charge in [-0.3, -0.25) is 0 Å². The van der Waals surface area contributed by atoms with Gasteiger partial charge in [-0.25, -0.2) is 9.07 Å². The van der Waals surface area contributed by atoms with Crippen molar-refractivity contribution in [3.63, 3.8) is 0 Å². The van der Waals surface area contributed by atoms with Gasteiger partial charge in [0.25, 0.3) is 0 Å². The van der Waals surface area contributed by atoms with Gasteiger partial charge in [-0.2, -0.15) is 10.4 Å². The lowest BCUT2D eigenvalue weighted by Crippen LogP contribution is -2.02. The zero-order chi connectivity index (χ0) is 21.3. The Balaban J connectivity index is 1.63. The minimum atomic E-state index is -0.397. The molecule has 0 aliphatic rings.